The van der Waals surface area contributed by atoms with Crippen LogP contribution in [0.25, 0.3) is 0 Å². The number of carbonyl (C=O) groups is 3. The first kappa shape index (κ1) is 19.5. The molecule has 3 heterocycles. The SMILES string of the molecule is O=C1c2ccccc2C(=O)N1C[C@H]1CN(c2ccc(N3CCNCC3)c(F)c2)C(=O)O1. The lowest BCUT2D eigenvalue weighted by Crippen LogP contribution is -2.43. The standard InChI is InChI=1S/C22H21FN4O4/c23-18-11-14(5-6-19(18)25-9-7-24-8-10-25)26-12-15(31-22(26)30)13-27-20(28)16-3-1-2-4-17(16)21(27)29/h1-6,11,15,24H,7-10,12-13H2/t15-/m1/s1. The van der Waals surface area contributed by atoms with Crippen LogP contribution in [0.4, 0.5) is 20.6 Å². The van der Waals surface area contributed by atoms with E-state index in [0.717, 1.165) is 18.0 Å². The zero-order chi connectivity index (χ0) is 21.5. The minimum Gasteiger partial charge on any atom is -0.442 e. The number of halogens is 1. The maximum absolute atomic E-state index is 14.8. The molecule has 0 aromatic heterocycles. The number of hydrogen-bond donors (Lipinski definition) is 1. The summed E-state index contributed by atoms with van der Waals surface area (Å²) in [7, 11) is 0. The van der Waals surface area contributed by atoms with Crippen LogP contribution in [0.15, 0.2) is 42.5 Å². The molecule has 0 saturated carbocycles. The molecule has 2 fully saturated rings. The Morgan fingerprint density at radius 1 is 1.00 bits per heavy atom. The first-order chi connectivity index (χ1) is 15.0. The zero-order valence-corrected chi connectivity index (χ0v) is 16.7. The molecule has 0 radical (unpaired) electrons. The van der Waals surface area contributed by atoms with E-state index in [1.54, 1.807) is 36.4 Å². The summed E-state index contributed by atoms with van der Waals surface area (Å²) >= 11 is 0. The molecule has 0 bridgehead atoms. The van der Waals surface area contributed by atoms with E-state index in [1.807, 2.05) is 4.90 Å². The molecule has 3 amide bonds. The van der Waals surface area contributed by atoms with Crippen molar-refractivity contribution >= 4 is 29.3 Å². The number of carbonyl (C=O) groups excluding carboxylic acids is 3. The van der Waals surface area contributed by atoms with Crippen LogP contribution >= 0.6 is 0 Å². The fraction of sp³-hybridized carbons (Fsp3) is 0.318. The number of nitrogens with zero attached hydrogens (tertiary/aromatic N) is 3. The highest BCUT2D eigenvalue weighted by Gasteiger charge is 2.40. The van der Waals surface area contributed by atoms with E-state index in [2.05, 4.69) is 5.32 Å². The fourth-order valence-electron chi connectivity index (χ4n) is 4.26. The molecule has 160 valence electrons. The van der Waals surface area contributed by atoms with E-state index < -0.39 is 29.8 Å². The minimum absolute atomic E-state index is 0.0457. The summed E-state index contributed by atoms with van der Waals surface area (Å²) in [6.45, 7) is 3.08. The van der Waals surface area contributed by atoms with Crippen LogP contribution in [0.3, 0.4) is 0 Å². The monoisotopic (exact) mass is 424 g/mol. The number of piperazine rings is 1. The summed E-state index contributed by atoms with van der Waals surface area (Å²) in [5.41, 5.74) is 1.57. The highest BCUT2D eigenvalue weighted by molar-refractivity contribution is 6.21. The number of hydrogen-bond acceptors (Lipinski definition) is 6. The van der Waals surface area contributed by atoms with E-state index in [1.165, 1.54) is 11.0 Å². The number of anilines is 2. The van der Waals surface area contributed by atoms with Gasteiger partial charge in [-0.15, -0.1) is 0 Å². The van der Waals surface area contributed by atoms with Gasteiger partial charge in [0.15, 0.2) is 0 Å². The summed E-state index contributed by atoms with van der Waals surface area (Å²) in [5, 5.41) is 3.23. The van der Waals surface area contributed by atoms with E-state index >= 15 is 0 Å². The molecule has 8 nitrogen and oxygen atoms in total. The fourth-order valence-corrected chi connectivity index (χ4v) is 4.26. The quantitative estimate of drug-likeness (QED) is 0.755. The number of rotatable bonds is 4. The summed E-state index contributed by atoms with van der Waals surface area (Å²) < 4.78 is 20.1. The molecule has 9 heteroatoms. The van der Waals surface area contributed by atoms with E-state index in [4.69, 9.17) is 4.74 Å². The Kier molecular flexibility index (Phi) is 4.82. The smallest absolute Gasteiger partial charge is 0.414 e. The van der Waals surface area contributed by atoms with Gasteiger partial charge in [-0.05, 0) is 30.3 Å². The number of benzene rings is 2. The van der Waals surface area contributed by atoms with Crippen LogP contribution in [-0.4, -0.2) is 68.2 Å². The molecule has 0 unspecified atom stereocenters. The van der Waals surface area contributed by atoms with Crippen molar-refractivity contribution in [3.63, 3.8) is 0 Å². The maximum atomic E-state index is 14.8. The normalized spacial score (nSPS) is 21.0. The molecule has 31 heavy (non-hydrogen) atoms. The number of nitrogens with one attached hydrogen (secondary N) is 1. The average molecular weight is 424 g/mol. The van der Waals surface area contributed by atoms with Gasteiger partial charge in [0, 0.05) is 26.2 Å². The van der Waals surface area contributed by atoms with Gasteiger partial charge in [-0.2, -0.15) is 0 Å². The predicted molar refractivity (Wildman–Crippen MR) is 111 cm³/mol. The lowest BCUT2D eigenvalue weighted by Gasteiger charge is -2.30. The molecular formula is C22H21FN4O4. The van der Waals surface area contributed by atoms with Gasteiger partial charge in [-0.3, -0.25) is 19.4 Å². The molecule has 2 saturated heterocycles. The first-order valence-electron chi connectivity index (χ1n) is 10.2. The van der Waals surface area contributed by atoms with Crippen molar-refractivity contribution in [2.24, 2.45) is 0 Å². The Morgan fingerprint density at radius 2 is 1.68 bits per heavy atom. The van der Waals surface area contributed by atoms with Gasteiger partial charge in [0.1, 0.15) is 11.9 Å². The zero-order valence-electron chi connectivity index (χ0n) is 16.7. The van der Waals surface area contributed by atoms with Gasteiger partial charge in [0.25, 0.3) is 11.8 Å². The number of imide groups is 1. The van der Waals surface area contributed by atoms with E-state index in [-0.39, 0.29) is 13.1 Å². The van der Waals surface area contributed by atoms with Crippen LogP contribution in [0.2, 0.25) is 0 Å². The van der Waals surface area contributed by atoms with Crippen LogP contribution in [-0.2, 0) is 4.74 Å². The van der Waals surface area contributed by atoms with E-state index in [9.17, 15) is 18.8 Å². The van der Waals surface area contributed by atoms with Gasteiger partial charge in [-0.25, -0.2) is 9.18 Å². The molecule has 3 aliphatic rings. The van der Waals surface area contributed by atoms with Gasteiger partial charge in [0.2, 0.25) is 0 Å². The highest BCUT2D eigenvalue weighted by atomic mass is 19.1. The van der Waals surface area contributed by atoms with Crippen LogP contribution in [0.1, 0.15) is 20.7 Å². The molecule has 1 atom stereocenters. The number of ether oxygens (including phenoxy) is 1. The van der Waals surface area contributed by atoms with Crippen molar-refractivity contribution in [3.05, 3.63) is 59.4 Å². The molecule has 0 aliphatic carbocycles. The first-order valence-corrected chi connectivity index (χ1v) is 10.2. The molecule has 2 aromatic carbocycles. The third kappa shape index (κ3) is 3.40. The van der Waals surface area contributed by atoms with Gasteiger partial charge >= 0.3 is 6.09 Å². The van der Waals surface area contributed by atoms with Crippen molar-refractivity contribution in [1.82, 2.24) is 10.2 Å². The Labute approximate surface area is 178 Å². The highest BCUT2D eigenvalue weighted by Crippen LogP contribution is 2.29. The van der Waals surface area contributed by atoms with Crippen molar-refractivity contribution in [1.29, 1.82) is 0 Å². The van der Waals surface area contributed by atoms with Crippen LogP contribution in [0.5, 0.6) is 0 Å². The van der Waals surface area contributed by atoms with Crippen LogP contribution in [0, 0.1) is 5.82 Å². The second kappa shape index (κ2) is 7.66. The second-order valence-electron chi connectivity index (χ2n) is 7.76. The maximum Gasteiger partial charge on any atom is 0.414 e. The summed E-state index contributed by atoms with van der Waals surface area (Å²) in [6, 6.07) is 11.3. The number of cyclic esters (lactones) is 1. The van der Waals surface area contributed by atoms with Gasteiger partial charge in [-0.1, -0.05) is 12.1 Å². The Morgan fingerprint density at radius 3 is 2.32 bits per heavy atom. The predicted octanol–water partition coefficient (Wildman–Crippen LogP) is 1.86. The number of amides is 3. The molecule has 2 aromatic rings. The van der Waals surface area contributed by atoms with Crippen molar-refractivity contribution in [2.45, 2.75) is 6.10 Å². The summed E-state index contributed by atoms with van der Waals surface area (Å²) in [4.78, 5) is 41.9. The minimum atomic E-state index is -0.689. The van der Waals surface area contributed by atoms with Gasteiger partial charge in [0.05, 0.1) is 35.6 Å². The Balaban J connectivity index is 1.29. The van der Waals surface area contributed by atoms with Crippen LogP contribution < -0.4 is 15.1 Å². The third-order valence-electron chi connectivity index (χ3n) is 5.84. The average Bonchev–Trinajstić information content (AvgIpc) is 3.27. The summed E-state index contributed by atoms with van der Waals surface area (Å²) in [6.07, 6.45) is -1.32. The largest absolute Gasteiger partial charge is 0.442 e. The topological polar surface area (TPSA) is 82.2 Å². The van der Waals surface area contributed by atoms with Gasteiger partial charge < -0.3 is 15.0 Å². The Hall–Kier alpha value is -3.46. The number of fused-ring (bicyclic) bond motifs is 1. The van der Waals surface area contributed by atoms with Crippen molar-refractivity contribution < 1.29 is 23.5 Å². The van der Waals surface area contributed by atoms with E-state index in [0.29, 0.717) is 35.6 Å². The van der Waals surface area contributed by atoms with Crippen molar-refractivity contribution in [2.75, 3.05) is 49.1 Å². The second-order valence-corrected chi connectivity index (χ2v) is 7.76. The molecule has 0 spiro atoms. The third-order valence-corrected chi connectivity index (χ3v) is 5.84. The summed E-state index contributed by atoms with van der Waals surface area (Å²) in [5.74, 6) is -1.21. The molecule has 1 N–H and O–H groups in total. The molecular weight excluding hydrogens is 403 g/mol. The Bertz CT molecular complexity index is 1030. The molecule has 3 aliphatic heterocycles. The lowest BCUT2D eigenvalue weighted by atomic mass is 10.1. The molecule has 5 rings (SSSR count). The lowest BCUT2D eigenvalue weighted by molar-refractivity contribution is 0.0558. The van der Waals surface area contributed by atoms with Crippen molar-refractivity contribution in [3.8, 4) is 0 Å².